The van der Waals surface area contributed by atoms with Crippen LogP contribution in [-0.4, -0.2) is 10.3 Å². The Morgan fingerprint density at radius 3 is 1.47 bits per heavy atom. The fourth-order valence-electron chi connectivity index (χ4n) is 1.06. The van der Waals surface area contributed by atoms with E-state index in [2.05, 4.69) is 4.98 Å². The van der Waals surface area contributed by atoms with Gasteiger partial charge in [-0.25, -0.2) is 4.98 Å². The topological polar surface area (TPSA) is 14.1 Å². The predicted molar refractivity (Wildman–Crippen MR) is 89.1 cm³/mol. The van der Waals surface area contributed by atoms with Gasteiger partial charge < -0.3 is 0 Å². The molecule has 0 aliphatic heterocycles. The van der Waals surface area contributed by atoms with Crippen LogP contribution in [0.25, 0.3) is 0 Å². The quantitative estimate of drug-likeness (QED) is 0.495. The van der Waals surface area contributed by atoms with E-state index in [0.717, 1.165) is 0 Å². The van der Waals surface area contributed by atoms with Gasteiger partial charge in [-0.05, 0) is 0 Å². The van der Waals surface area contributed by atoms with Crippen LogP contribution < -0.4 is 8.49 Å². The number of H-pyrrole nitrogens is 1. The van der Waals surface area contributed by atoms with Crippen molar-refractivity contribution < 1.29 is 4.98 Å². The van der Waals surface area contributed by atoms with E-state index in [4.69, 9.17) is 55.7 Å². The van der Waals surface area contributed by atoms with E-state index in [1.807, 2.05) is 30.6 Å². The molecule has 0 unspecified atom stereocenters. The van der Waals surface area contributed by atoms with Gasteiger partial charge in [-0.1, -0.05) is 6.07 Å². The molecule has 2 rings (SSSR count). The summed E-state index contributed by atoms with van der Waals surface area (Å²) in [6.45, 7) is 0. The fourth-order valence-corrected chi connectivity index (χ4v) is 7.00. The summed E-state index contributed by atoms with van der Waals surface area (Å²) in [4.78, 5) is 2.89. The van der Waals surface area contributed by atoms with Crippen LogP contribution in [0, 0.1) is 0 Å². The molecule has 0 amide bonds. The molecule has 8 heteroatoms. The molecule has 1 nitrogen and oxygen atoms in total. The molecule has 0 saturated carbocycles. The Morgan fingerprint density at radius 1 is 0.737 bits per heavy atom. The van der Waals surface area contributed by atoms with Gasteiger partial charge in [-0.3, -0.25) is 0 Å². The molecule has 0 radical (unpaired) electrons. The minimum Gasteiger partial charge on any atom is -0.218 e. The first-order valence-electron chi connectivity index (χ1n) is 4.99. The monoisotopic (exact) mass is 487 g/mol. The van der Waals surface area contributed by atoms with E-state index in [1.165, 1.54) is 12.1 Å². The van der Waals surface area contributed by atoms with E-state index in [0.29, 0.717) is 8.53 Å². The summed E-state index contributed by atoms with van der Waals surface area (Å²) in [5.41, 5.74) is 0. The molecule has 0 atom stereocenters. The van der Waals surface area contributed by atoms with Crippen molar-refractivity contribution in [2.45, 2.75) is 0 Å². The van der Waals surface area contributed by atoms with Crippen molar-refractivity contribution in [3.05, 3.63) is 59.9 Å². The average Bonchev–Trinajstić information content (AvgIpc) is 2.29. The largest absolute Gasteiger partial charge is 0.218 e. The first kappa shape index (κ1) is 18.0. The third-order valence-corrected chi connectivity index (χ3v) is 12.4. The normalized spacial score (nSPS) is 14.6. The number of rotatable bonds is 1. The van der Waals surface area contributed by atoms with Crippen LogP contribution in [-0.2, 0) is 0 Å². The molecule has 0 saturated heterocycles. The number of pyridine rings is 1. The first-order chi connectivity index (χ1) is 8.49. The molecule has 0 spiro atoms. The summed E-state index contributed by atoms with van der Waals surface area (Å²) in [5, 5.41) is 0.530. The van der Waals surface area contributed by atoms with Crippen LogP contribution in [0.3, 0.4) is 0 Å². The number of nitrogens with one attached hydrogen (secondary N) is 1. The molecule has 19 heavy (non-hydrogen) atoms. The summed E-state index contributed by atoms with van der Waals surface area (Å²) < 4.78 is 0.312. The van der Waals surface area contributed by atoms with Gasteiger partial charge >= 0.3 is 98.8 Å². The van der Waals surface area contributed by atoms with E-state index >= 15 is 0 Å². The second kappa shape index (κ2) is 5.97. The predicted octanol–water partition coefficient (Wildman–Crippen LogP) is 5.08. The summed E-state index contributed by atoms with van der Waals surface area (Å²) >= 11 is 5.66. The maximum atomic E-state index is 5.84. The molecule has 0 aliphatic rings. The van der Waals surface area contributed by atoms with Gasteiger partial charge in [0, 0.05) is 12.1 Å². The summed E-state index contributed by atoms with van der Waals surface area (Å²) in [6, 6.07) is 12.0. The number of aromatic nitrogens is 1. The fraction of sp³-hybridized carbons (Fsp3) is 0. The van der Waals surface area contributed by atoms with Crippen molar-refractivity contribution in [3.8, 4) is 0 Å². The second-order valence-electron chi connectivity index (χ2n) is 3.62. The zero-order chi connectivity index (χ0) is 14.6. The Kier molecular flexibility index (Phi) is 5.65. The zero-order valence-electron chi connectivity index (χ0n) is 9.41. The van der Waals surface area contributed by atoms with E-state index < -0.39 is 10.3 Å². The van der Waals surface area contributed by atoms with Crippen LogP contribution in [0.15, 0.2) is 54.9 Å². The third kappa shape index (κ3) is 7.48. The molecule has 1 heterocycles. The third-order valence-electron chi connectivity index (χ3n) is 1.92. The SMILES string of the molecule is Clc1cc[c]([Sb-]([Cl])([Cl])([Cl])([Cl])[Cl])cc1.c1cc[nH+]cc1. The molecule has 0 bridgehead atoms. The Bertz CT molecular complexity index is 496. The zero-order valence-corrected chi connectivity index (χ0v) is 16.5. The Morgan fingerprint density at radius 2 is 1.21 bits per heavy atom. The Balaban J connectivity index is 0.000000250. The average molecular weight is 491 g/mol. The molecule has 0 fully saturated rings. The minimum absolute atomic E-state index is 0.312. The van der Waals surface area contributed by atoms with Gasteiger partial charge in [-0.2, -0.15) is 0 Å². The number of halogens is 6. The van der Waals surface area contributed by atoms with E-state index in [1.54, 1.807) is 12.1 Å². The molecule has 1 aromatic carbocycles. The number of benzene rings is 1. The maximum absolute atomic E-state index is 5.84. The van der Waals surface area contributed by atoms with E-state index in [-0.39, 0.29) is 0 Å². The van der Waals surface area contributed by atoms with Crippen molar-refractivity contribution in [2.75, 3.05) is 0 Å². The Labute approximate surface area is 133 Å². The van der Waals surface area contributed by atoms with Gasteiger partial charge in [0.25, 0.3) is 0 Å². The maximum Gasteiger partial charge on any atom is 0.166 e. The molecular weight excluding hydrogens is 481 g/mol. The summed E-state index contributed by atoms with van der Waals surface area (Å²) in [5.74, 6) is 0. The van der Waals surface area contributed by atoms with Gasteiger partial charge in [0.15, 0.2) is 12.4 Å². The van der Waals surface area contributed by atoms with E-state index in [9.17, 15) is 0 Å². The van der Waals surface area contributed by atoms with Crippen molar-refractivity contribution >= 4 is 69.5 Å². The van der Waals surface area contributed by atoms with Crippen LogP contribution in [0.4, 0.5) is 0 Å². The molecular formula is C11H10Cl6NSb. The van der Waals surface area contributed by atoms with Crippen LogP contribution in [0.5, 0.6) is 0 Å². The second-order valence-corrected chi connectivity index (χ2v) is 51.5. The Hall–Kier alpha value is 0.928. The van der Waals surface area contributed by atoms with Crippen LogP contribution in [0.2, 0.25) is 5.02 Å². The summed E-state index contributed by atoms with van der Waals surface area (Å²) in [7, 11) is 23.6. The molecule has 106 valence electrons. The van der Waals surface area contributed by atoms with Crippen molar-refractivity contribution in [2.24, 2.45) is 0 Å². The summed E-state index contributed by atoms with van der Waals surface area (Å²) in [6.07, 6.45) is 3.75. The molecule has 0 aliphatic carbocycles. The number of hydrogen-bond donors (Lipinski definition) is 0. The van der Waals surface area contributed by atoms with Crippen molar-refractivity contribution in [1.82, 2.24) is 0 Å². The number of aromatic amines is 1. The van der Waals surface area contributed by atoms with Gasteiger partial charge in [0.1, 0.15) is 0 Å². The van der Waals surface area contributed by atoms with Crippen molar-refractivity contribution in [1.29, 1.82) is 0 Å². The standard InChI is InChI=1S/C6H4Cl.C5H5N.5ClH.Sb/c7-6-4-2-1-3-5-6;1-2-4-6-5-3-1;;;;;;/h2-5H;1-5H;5*1H;/q;;;;;;;+4/p-4. The van der Waals surface area contributed by atoms with Gasteiger partial charge in [0.05, 0.1) is 0 Å². The number of hydrogen-bond acceptors (Lipinski definition) is 0. The van der Waals surface area contributed by atoms with Crippen LogP contribution >= 0.6 is 55.7 Å². The van der Waals surface area contributed by atoms with Gasteiger partial charge in [0.2, 0.25) is 0 Å². The minimum atomic E-state index is -5.56. The van der Waals surface area contributed by atoms with Crippen molar-refractivity contribution in [3.63, 3.8) is 0 Å². The molecule has 1 aromatic heterocycles. The van der Waals surface area contributed by atoms with Crippen LogP contribution in [0.1, 0.15) is 0 Å². The molecule has 2 aromatic rings. The smallest absolute Gasteiger partial charge is 0.166 e. The van der Waals surface area contributed by atoms with Gasteiger partial charge in [-0.15, -0.1) is 0 Å². The first-order valence-corrected chi connectivity index (χ1v) is 22.8. The molecule has 1 N–H and O–H groups in total.